The normalized spacial score (nSPS) is 12.5. The molecule has 0 aliphatic heterocycles. The third kappa shape index (κ3) is 3.27. The average Bonchev–Trinajstić information content (AvgIpc) is 2.56. The largest absolute Gasteiger partial charge is 0.383 e. The van der Waals surface area contributed by atoms with Crippen LogP contribution in [-0.2, 0) is 4.74 Å². The molecule has 0 saturated heterocycles. The highest BCUT2D eigenvalue weighted by Gasteiger charge is 2.18. The fraction of sp³-hybridized carbons (Fsp3) is 0.278. The summed E-state index contributed by atoms with van der Waals surface area (Å²) in [6.45, 7) is 4.04. The maximum atomic E-state index is 12.6. The zero-order valence-corrected chi connectivity index (χ0v) is 15.6. The smallest absolute Gasteiger partial charge is 0.272 e. The molecular weight excluding hydrogens is 361 g/mol. The van der Waals surface area contributed by atoms with Gasteiger partial charge in [-0.05, 0) is 38.1 Å². The first-order chi connectivity index (χ1) is 11.9. The van der Waals surface area contributed by atoms with Crippen molar-refractivity contribution in [2.45, 2.75) is 19.9 Å². The maximum absolute atomic E-state index is 12.6. The molecule has 2 aromatic heterocycles. The molecule has 0 amide bonds. The van der Waals surface area contributed by atoms with Crippen LogP contribution in [-0.4, -0.2) is 28.3 Å². The number of benzene rings is 1. The fourth-order valence-corrected chi connectivity index (χ4v) is 3.38. The lowest BCUT2D eigenvalue weighted by Crippen LogP contribution is -2.29. The molecule has 0 saturated carbocycles. The molecule has 1 unspecified atom stereocenters. The van der Waals surface area contributed by atoms with Gasteiger partial charge >= 0.3 is 0 Å². The van der Waals surface area contributed by atoms with Crippen LogP contribution >= 0.6 is 23.2 Å². The predicted octanol–water partition coefficient (Wildman–Crippen LogP) is 4.28. The van der Waals surface area contributed by atoms with Gasteiger partial charge < -0.3 is 4.74 Å². The molecule has 0 bridgehead atoms. The highest BCUT2D eigenvalue weighted by molar-refractivity contribution is 6.36. The standard InChI is InChI=1S/C18H17Cl2N3O2/c1-10(9-25-3)23-15-6-7-21-16(17(15)22-11(2)18(23)24)13-5-4-12(19)8-14(13)20/h4-8,10H,9H2,1-3H3. The van der Waals surface area contributed by atoms with Gasteiger partial charge in [-0.1, -0.05) is 23.2 Å². The molecule has 0 N–H and O–H groups in total. The minimum Gasteiger partial charge on any atom is -0.383 e. The summed E-state index contributed by atoms with van der Waals surface area (Å²) in [4.78, 5) is 21.6. The molecule has 7 heteroatoms. The Morgan fingerprint density at radius 3 is 2.72 bits per heavy atom. The Hall–Kier alpha value is -1.95. The Morgan fingerprint density at radius 2 is 2.04 bits per heavy atom. The topological polar surface area (TPSA) is 57.0 Å². The van der Waals surface area contributed by atoms with Crippen molar-refractivity contribution in [1.82, 2.24) is 14.5 Å². The number of rotatable bonds is 4. The SMILES string of the molecule is COCC(C)n1c(=O)c(C)nc2c(-c3ccc(Cl)cc3Cl)nccc21. The van der Waals surface area contributed by atoms with E-state index in [1.54, 1.807) is 49.1 Å². The Labute approximate surface area is 155 Å². The molecule has 2 heterocycles. The van der Waals surface area contributed by atoms with Gasteiger partial charge in [0.15, 0.2) is 0 Å². The first kappa shape index (κ1) is 17.9. The molecule has 0 aliphatic carbocycles. The number of fused-ring (bicyclic) bond motifs is 1. The number of ether oxygens (including phenoxy) is 1. The van der Waals surface area contributed by atoms with Gasteiger partial charge in [-0.3, -0.25) is 14.3 Å². The van der Waals surface area contributed by atoms with E-state index in [0.29, 0.717) is 44.6 Å². The van der Waals surface area contributed by atoms with Crippen LogP contribution in [0.3, 0.4) is 0 Å². The van der Waals surface area contributed by atoms with Crippen LogP contribution in [0.4, 0.5) is 0 Å². The number of pyridine rings is 1. The molecule has 3 aromatic rings. The Balaban J connectivity index is 2.35. The fourth-order valence-electron chi connectivity index (χ4n) is 2.88. The number of hydrogen-bond acceptors (Lipinski definition) is 4. The summed E-state index contributed by atoms with van der Waals surface area (Å²) in [5.41, 5.74) is 2.89. The summed E-state index contributed by atoms with van der Waals surface area (Å²) in [6, 6.07) is 6.85. The quantitative estimate of drug-likeness (QED) is 0.680. The molecule has 0 spiro atoms. The van der Waals surface area contributed by atoms with Crippen molar-refractivity contribution < 1.29 is 4.74 Å². The van der Waals surface area contributed by atoms with E-state index < -0.39 is 0 Å². The number of aryl methyl sites for hydroxylation is 1. The summed E-state index contributed by atoms with van der Waals surface area (Å²) in [5, 5.41) is 1.03. The van der Waals surface area contributed by atoms with Crippen LogP contribution < -0.4 is 5.56 Å². The molecule has 0 fully saturated rings. The number of aromatic nitrogens is 3. The van der Waals surface area contributed by atoms with Crippen molar-refractivity contribution in [3.63, 3.8) is 0 Å². The van der Waals surface area contributed by atoms with Crippen molar-refractivity contribution in [1.29, 1.82) is 0 Å². The van der Waals surface area contributed by atoms with Gasteiger partial charge in [0, 0.05) is 23.9 Å². The third-order valence-corrected chi connectivity index (χ3v) is 4.55. The van der Waals surface area contributed by atoms with Crippen LogP contribution in [0.15, 0.2) is 35.3 Å². The van der Waals surface area contributed by atoms with Crippen molar-refractivity contribution in [3.05, 3.63) is 56.6 Å². The Morgan fingerprint density at radius 1 is 1.28 bits per heavy atom. The van der Waals surface area contributed by atoms with Gasteiger partial charge in [0.25, 0.3) is 5.56 Å². The lowest BCUT2D eigenvalue weighted by molar-refractivity contribution is 0.162. The van der Waals surface area contributed by atoms with E-state index >= 15 is 0 Å². The summed E-state index contributed by atoms with van der Waals surface area (Å²) in [5.74, 6) is 0. The monoisotopic (exact) mass is 377 g/mol. The number of hydrogen-bond donors (Lipinski definition) is 0. The lowest BCUT2D eigenvalue weighted by atomic mass is 10.1. The first-order valence-electron chi connectivity index (χ1n) is 7.76. The minimum atomic E-state index is -0.142. The van der Waals surface area contributed by atoms with E-state index in [1.165, 1.54) is 0 Å². The summed E-state index contributed by atoms with van der Waals surface area (Å²) >= 11 is 12.3. The molecule has 1 atom stereocenters. The molecular formula is C18H17Cl2N3O2. The second kappa shape index (κ2) is 7.12. The van der Waals surface area contributed by atoms with Gasteiger partial charge in [-0.15, -0.1) is 0 Å². The summed E-state index contributed by atoms with van der Waals surface area (Å²) < 4.78 is 6.91. The van der Waals surface area contributed by atoms with Crippen LogP contribution in [0, 0.1) is 6.92 Å². The second-order valence-electron chi connectivity index (χ2n) is 5.83. The second-order valence-corrected chi connectivity index (χ2v) is 6.67. The molecule has 3 rings (SSSR count). The van der Waals surface area contributed by atoms with Crippen LogP contribution in [0.2, 0.25) is 10.0 Å². The van der Waals surface area contributed by atoms with Crippen molar-refractivity contribution >= 4 is 34.2 Å². The van der Waals surface area contributed by atoms with E-state index in [2.05, 4.69) is 9.97 Å². The van der Waals surface area contributed by atoms with Crippen LogP contribution in [0.1, 0.15) is 18.7 Å². The van der Waals surface area contributed by atoms with E-state index in [9.17, 15) is 4.79 Å². The molecule has 0 radical (unpaired) electrons. The van der Waals surface area contributed by atoms with E-state index in [4.69, 9.17) is 27.9 Å². The van der Waals surface area contributed by atoms with Gasteiger partial charge in [0.2, 0.25) is 0 Å². The molecule has 5 nitrogen and oxygen atoms in total. The molecule has 1 aromatic carbocycles. The van der Waals surface area contributed by atoms with Gasteiger partial charge in [0.1, 0.15) is 11.2 Å². The summed E-state index contributed by atoms with van der Waals surface area (Å²) in [7, 11) is 1.61. The zero-order valence-electron chi connectivity index (χ0n) is 14.1. The molecule has 130 valence electrons. The highest BCUT2D eigenvalue weighted by Crippen LogP contribution is 2.32. The zero-order chi connectivity index (χ0) is 18.1. The van der Waals surface area contributed by atoms with Crippen molar-refractivity contribution in [3.8, 4) is 11.3 Å². The van der Waals surface area contributed by atoms with Gasteiger partial charge in [-0.2, -0.15) is 0 Å². The van der Waals surface area contributed by atoms with E-state index in [0.717, 1.165) is 0 Å². The highest BCUT2D eigenvalue weighted by atomic mass is 35.5. The Kier molecular flexibility index (Phi) is 5.08. The van der Waals surface area contributed by atoms with E-state index in [-0.39, 0.29) is 11.6 Å². The minimum absolute atomic E-state index is 0.141. The predicted molar refractivity (Wildman–Crippen MR) is 101 cm³/mol. The summed E-state index contributed by atoms with van der Waals surface area (Å²) in [6.07, 6.45) is 1.65. The number of methoxy groups -OCH3 is 1. The lowest BCUT2D eigenvalue weighted by Gasteiger charge is -2.18. The number of nitrogens with zero attached hydrogens (tertiary/aromatic N) is 3. The average molecular weight is 378 g/mol. The van der Waals surface area contributed by atoms with Crippen molar-refractivity contribution in [2.75, 3.05) is 13.7 Å². The molecule has 25 heavy (non-hydrogen) atoms. The van der Waals surface area contributed by atoms with Crippen molar-refractivity contribution in [2.24, 2.45) is 0 Å². The van der Waals surface area contributed by atoms with Gasteiger partial charge in [0.05, 0.1) is 28.9 Å². The van der Waals surface area contributed by atoms with E-state index in [1.807, 2.05) is 6.92 Å². The molecule has 0 aliphatic rings. The third-order valence-electron chi connectivity index (χ3n) is 4.01. The Bertz CT molecular complexity index is 1000. The van der Waals surface area contributed by atoms with Crippen LogP contribution in [0.5, 0.6) is 0 Å². The van der Waals surface area contributed by atoms with Crippen LogP contribution in [0.25, 0.3) is 22.3 Å². The first-order valence-corrected chi connectivity index (χ1v) is 8.52. The number of halogens is 2. The maximum Gasteiger partial charge on any atom is 0.272 e. The van der Waals surface area contributed by atoms with Gasteiger partial charge in [-0.25, -0.2) is 4.98 Å².